The summed E-state index contributed by atoms with van der Waals surface area (Å²) in [5, 5.41) is 8.44. The Kier molecular flexibility index (Phi) is 3.27. The lowest BCUT2D eigenvalue weighted by Gasteiger charge is -2.37. The van der Waals surface area contributed by atoms with Crippen molar-refractivity contribution in [1.29, 1.82) is 0 Å². The first-order valence-electron chi connectivity index (χ1n) is 4.65. The van der Waals surface area contributed by atoms with E-state index in [0.29, 0.717) is 0 Å². The number of carboxylic acid groups (broad SMARTS) is 1. The summed E-state index contributed by atoms with van der Waals surface area (Å²) in [4.78, 5) is 10.3. The van der Waals surface area contributed by atoms with Crippen molar-refractivity contribution in [2.24, 2.45) is 0 Å². The maximum absolute atomic E-state index is 10.3. The van der Waals surface area contributed by atoms with Crippen molar-refractivity contribution < 1.29 is 19.1 Å². The lowest BCUT2D eigenvalue weighted by molar-refractivity contribution is -0.898. The molecule has 1 aliphatic rings. The molecule has 0 aromatic rings. The van der Waals surface area contributed by atoms with E-state index >= 15 is 0 Å². The van der Waals surface area contributed by atoms with Crippen molar-refractivity contribution in [3.8, 4) is 0 Å². The Hall–Kier alpha value is -0.610. The highest BCUT2D eigenvalue weighted by Crippen LogP contribution is 2.16. The molecular weight excluding hydrogens is 170 g/mol. The zero-order valence-corrected chi connectivity index (χ0v) is 8.32. The maximum Gasteiger partial charge on any atom is 0.329 e. The van der Waals surface area contributed by atoms with Gasteiger partial charge in [0, 0.05) is 0 Å². The van der Waals surface area contributed by atoms with Crippen LogP contribution in [0.2, 0.25) is 0 Å². The SMILES string of the molecule is C[N+]1(C)CCCC(OCC(=O)O)C1. The van der Waals surface area contributed by atoms with Crippen LogP contribution in [-0.4, -0.2) is 55.5 Å². The van der Waals surface area contributed by atoms with Gasteiger partial charge in [-0.15, -0.1) is 0 Å². The van der Waals surface area contributed by atoms with Crippen LogP contribution in [0.1, 0.15) is 12.8 Å². The molecule has 0 saturated carbocycles. The van der Waals surface area contributed by atoms with Crippen LogP contribution in [0.4, 0.5) is 0 Å². The van der Waals surface area contributed by atoms with Gasteiger partial charge in [0.15, 0.2) is 0 Å². The lowest BCUT2D eigenvalue weighted by Crippen LogP contribution is -2.50. The van der Waals surface area contributed by atoms with Crippen molar-refractivity contribution in [3.05, 3.63) is 0 Å². The van der Waals surface area contributed by atoms with Crippen LogP contribution in [0, 0.1) is 0 Å². The summed E-state index contributed by atoms with van der Waals surface area (Å²) >= 11 is 0. The van der Waals surface area contributed by atoms with E-state index in [1.807, 2.05) is 0 Å². The van der Waals surface area contributed by atoms with Gasteiger partial charge in [-0.2, -0.15) is 0 Å². The summed E-state index contributed by atoms with van der Waals surface area (Å²) in [7, 11) is 4.30. The Morgan fingerprint density at radius 1 is 1.62 bits per heavy atom. The van der Waals surface area contributed by atoms with Crippen LogP contribution < -0.4 is 0 Å². The number of aliphatic carboxylic acids is 1. The number of carboxylic acids is 1. The second-order valence-electron chi connectivity index (χ2n) is 4.31. The van der Waals surface area contributed by atoms with Gasteiger partial charge < -0.3 is 14.3 Å². The Balaban J connectivity index is 2.30. The normalized spacial score (nSPS) is 27.1. The van der Waals surface area contributed by atoms with E-state index in [1.165, 1.54) is 0 Å². The minimum Gasteiger partial charge on any atom is -0.480 e. The zero-order chi connectivity index (χ0) is 9.90. The van der Waals surface area contributed by atoms with Crippen molar-refractivity contribution in [1.82, 2.24) is 0 Å². The van der Waals surface area contributed by atoms with Gasteiger partial charge in [-0.3, -0.25) is 0 Å². The van der Waals surface area contributed by atoms with E-state index in [9.17, 15) is 4.79 Å². The maximum atomic E-state index is 10.3. The number of carbonyl (C=O) groups is 1. The summed E-state index contributed by atoms with van der Waals surface area (Å²) in [6, 6.07) is 0. The Labute approximate surface area is 78.7 Å². The molecule has 0 spiro atoms. The minimum absolute atomic E-state index is 0.125. The Morgan fingerprint density at radius 2 is 2.31 bits per heavy atom. The van der Waals surface area contributed by atoms with E-state index in [2.05, 4.69) is 14.1 Å². The monoisotopic (exact) mass is 188 g/mol. The summed E-state index contributed by atoms with van der Waals surface area (Å²) in [5.41, 5.74) is 0. The third-order valence-corrected chi connectivity index (χ3v) is 2.43. The van der Waals surface area contributed by atoms with Crippen LogP contribution in [0.15, 0.2) is 0 Å². The summed E-state index contributed by atoms with van der Waals surface area (Å²) < 4.78 is 6.20. The fourth-order valence-electron chi connectivity index (χ4n) is 1.81. The van der Waals surface area contributed by atoms with Gasteiger partial charge in [0.05, 0.1) is 20.6 Å². The third kappa shape index (κ3) is 3.74. The fourth-order valence-corrected chi connectivity index (χ4v) is 1.81. The summed E-state index contributed by atoms with van der Waals surface area (Å²) in [6.45, 7) is 1.92. The van der Waals surface area contributed by atoms with Gasteiger partial charge in [-0.05, 0) is 12.8 Å². The van der Waals surface area contributed by atoms with Gasteiger partial charge in [0.25, 0.3) is 0 Å². The molecule has 0 aromatic heterocycles. The van der Waals surface area contributed by atoms with Crippen LogP contribution in [0.5, 0.6) is 0 Å². The van der Waals surface area contributed by atoms with Gasteiger partial charge in [-0.1, -0.05) is 0 Å². The molecule has 0 bridgehead atoms. The number of nitrogens with zero attached hydrogens (tertiary/aromatic N) is 1. The van der Waals surface area contributed by atoms with E-state index in [1.54, 1.807) is 0 Å². The van der Waals surface area contributed by atoms with Gasteiger partial charge in [-0.25, -0.2) is 4.79 Å². The number of rotatable bonds is 3. The van der Waals surface area contributed by atoms with Crippen molar-refractivity contribution >= 4 is 5.97 Å². The number of ether oxygens (including phenoxy) is 1. The van der Waals surface area contributed by atoms with E-state index in [-0.39, 0.29) is 12.7 Å². The Bertz CT molecular complexity index is 191. The van der Waals surface area contributed by atoms with Crippen molar-refractivity contribution in [2.45, 2.75) is 18.9 Å². The molecule has 4 heteroatoms. The van der Waals surface area contributed by atoms with E-state index < -0.39 is 5.97 Å². The predicted octanol–water partition coefficient (Wildman–Crippen LogP) is 0.326. The molecule has 1 heterocycles. The standard InChI is InChI=1S/C9H17NO3/c1-10(2)5-3-4-8(6-10)13-7-9(11)12/h8H,3-7H2,1-2H3/p+1. The number of quaternary nitrogens is 1. The van der Waals surface area contributed by atoms with E-state index in [0.717, 1.165) is 30.4 Å². The fraction of sp³-hybridized carbons (Fsp3) is 0.889. The zero-order valence-electron chi connectivity index (χ0n) is 8.32. The third-order valence-electron chi connectivity index (χ3n) is 2.43. The molecule has 1 saturated heterocycles. The number of likely N-dealkylation sites (N-methyl/N-ethyl adjacent to an activating group) is 1. The van der Waals surface area contributed by atoms with Gasteiger partial charge in [0.2, 0.25) is 0 Å². The molecule has 0 aliphatic carbocycles. The molecule has 4 nitrogen and oxygen atoms in total. The number of piperidine rings is 1. The summed E-state index contributed by atoms with van der Waals surface area (Å²) in [6.07, 6.45) is 2.24. The average molecular weight is 188 g/mol. The molecule has 1 unspecified atom stereocenters. The first-order chi connectivity index (χ1) is 5.99. The van der Waals surface area contributed by atoms with Crippen LogP contribution in [-0.2, 0) is 9.53 Å². The van der Waals surface area contributed by atoms with E-state index in [4.69, 9.17) is 9.84 Å². The lowest BCUT2D eigenvalue weighted by atomic mass is 10.1. The molecular formula is C9H18NO3+. The van der Waals surface area contributed by atoms with Crippen LogP contribution in [0.3, 0.4) is 0 Å². The first-order valence-corrected chi connectivity index (χ1v) is 4.65. The Morgan fingerprint density at radius 3 is 2.85 bits per heavy atom. The number of likely N-dealkylation sites (tertiary alicyclic amines) is 1. The second kappa shape index (κ2) is 4.07. The van der Waals surface area contributed by atoms with Crippen LogP contribution >= 0.6 is 0 Å². The topological polar surface area (TPSA) is 46.5 Å². The highest BCUT2D eigenvalue weighted by atomic mass is 16.5. The van der Waals surface area contributed by atoms with Crippen LogP contribution in [0.25, 0.3) is 0 Å². The molecule has 1 aliphatic heterocycles. The highest BCUT2D eigenvalue weighted by Gasteiger charge is 2.28. The minimum atomic E-state index is -0.879. The number of hydrogen-bond acceptors (Lipinski definition) is 2. The first kappa shape index (κ1) is 10.5. The second-order valence-corrected chi connectivity index (χ2v) is 4.31. The highest BCUT2D eigenvalue weighted by molar-refractivity contribution is 5.68. The smallest absolute Gasteiger partial charge is 0.329 e. The van der Waals surface area contributed by atoms with Gasteiger partial charge in [0.1, 0.15) is 19.3 Å². The molecule has 0 amide bonds. The molecule has 1 atom stereocenters. The molecule has 0 radical (unpaired) electrons. The van der Waals surface area contributed by atoms with Gasteiger partial charge >= 0.3 is 5.97 Å². The molecule has 13 heavy (non-hydrogen) atoms. The molecule has 1 rings (SSSR count). The molecule has 1 fully saturated rings. The molecule has 0 aromatic carbocycles. The number of hydrogen-bond donors (Lipinski definition) is 1. The molecule has 1 N–H and O–H groups in total. The molecule has 76 valence electrons. The largest absolute Gasteiger partial charge is 0.480 e. The van der Waals surface area contributed by atoms with Crippen molar-refractivity contribution in [3.63, 3.8) is 0 Å². The predicted molar refractivity (Wildman–Crippen MR) is 48.5 cm³/mol. The average Bonchev–Trinajstić information content (AvgIpc) is 1.99. The van der Waals surface area contributed by atoms with Crippen molar-refractivity contribution in [2.75, 3.05) is 33.8 Å². The quantitative estimate of drug-likeness (QED) is 0.649. The summed E-state index contributed by atoms with van der Waals surface area (Å²) in [5.74, 6) is -0.879.